The number of piperidine rings is 1. The van der Waals surface area contributed by atoms with Gasteiger partial charge in [0, 0.05) is 38.0 Å². The molecule has 1 fully saturated rings. The molecular weight excluding hydrogens is 404 g/mol. The second-order valence-electron chi connectivity index (χ2n) is 9.22. The number of likely N-dealkylation sites (tertiary alicyclic amines) is 1. The van der Waals surface area contributed by atoms with Gasteiger partial charge in [-0.3, -0.25) is 9.59 Å². The van der Waals surface area contributed by atoms with Crippen molar-refractivity contribution in [1.29, 1.82) is 0 Å². The fraction of sp³-hybridized carbons (Fsp3) is 0.680. The fourth-order valence-electron chi connectivity index (χ4n) is 4.59. The Balaban J connectivity index is 1.74. The number of amides is 2. The molecule has 2 heterocycles. The highest BCUT2D eigenvalue weighted by Gasteiger charge is 2.21. The van der Waals surface area contributed by atoms with Gasteiger partial charge in [-0.25, -0.2) is 0 Å². The molecule has 178 valence electrons. The number of hydrogen-bond acceptors (Lipinski definition) is 5. The molecule has 0 spiro atoms. The number of ether oxygens (including phenoxy) is 1. The van der Waals surface area contributed by atoms with Crippen LogP contribution in [0.5, 0.6) is 0 Å². The fourth-order valence-corrected chi connectivity index (χ4v) is 4.59. The Hall–Kier alpha value is -1.96. The standard InChI is InChI=1S/C25H40N4O3/c1-28-14-10-20(11-15-28)17-27-25(31)21-8-9-23-22(16-21)18-26-12-6-4-3-5-7-13-29(23)24(30)19-32-2/h8-9,16,20,26H,3-7,10-15,17-19H2,1-2H3,(H,27,31). The van der Waals surface area contributed by atoms with Gasteiger partial charge in [0.15, 0.2) is 0 Å². The number of anilines is 1. The predicted molar refractivity (Wildman–Crippen MR) is 128 cm³/mol. The van der Waals surface area contributed by atoms with E-state index in [0.29, 0.717) is 24.6 Å². The molecule has 2 amide bonds. The van der Waals surface area contributed by atoms with Gasteiger partial charge in [-0.1, -0.05) is 19.3 Å². The summed E-state index contributed by atoms with van der Waals surface area (Å²) >= 11 is 0. The van der Waals surface area contributed by atoms with Crippen molar-refractivity contribution in [3.63, 3.8) is 0 Å². The summed E-state index contributed by atoms with van der Waals surface area (Å²) < 4.78 is 5.13. The number of nitrogens with zero attached hydrogens (tertiary/aromatic N) is 2. The molecule has 0 aromatic heterocycles. The molecule has 2 N–H and O–H groups in total. The Labute approximate surface area is 192 Å². The lowest BCUT2D eigenvalue weighted by Gasteiger charge is -2.29. The first kappa shape index (κ1) is 24.7. The second kappa shape index (κ2) is 12.9. The van der Waals surface area contributed by atoms with Crippen LogP contribution in [0.4, 0.5) is 5.69 Å². The molecule has 0 unspecified atom stereocenters. The Morgan fingerprint density at radius 1 is 1.09 bits per heavy atom. The van der Waals surface area contributed by atoms with Gasteiger partial charge < -0.3 is 25.2 Å². The summed E-state index contributed by atoms with van der Waals surface area (Å²) in [5.74, 6) is 0.473. The molecule has 2 aliphatic heterocycles. The SMILES string of the molecule is COCC(=O)N1CCCCCCCNCc2cc(C(=O)NCC3CCN(C)CC3)ccc21. The highest BCUT2D eigenvalue weighted by Crippen LogP contribution is 2.24. The zero-order valence-corrected chi connectivity index (χ0v) is 19.8. The molecule has 7 heteroatoms. The molecule has 1 saturated heterocycles. The van der Waals surface area contributed by atoms with Gasteiger partial charge in [0.2, 0.25) is 0 Å². The van der Waals surface area contributed by atoms with Crippen LogP contribution in [-0.4, -0.2) is 70.2 Å². The third-order valence-corrected chi connectivity index (χ3v) is 6.64. The van der Waals surface area contributed by atoms with Crippen molar-refractivity contribution in [2.45, 2.75) is 51.5 Å². The number of rotatable bonds is 5. The number of benzene rings is 1. The van der Waals surface area contributed by atoms with Crippen LogP contribution in [0.2, 0.25) is 0 Å². The zero-order valence-electron chi connectivity index (χ0n) is 19.8. The number of carbonyl (C=O) groups excluding carboxylic acids is 2. The maximum atomic E-state index is 12.9. The molecule has 0 aliphatic carbocycles. The van der Waals surface area contributed by atoms with Crippen LogP contribution in [0.3, 0.4) is 0 Å². The summed E-state index contributed by atoms with van der Waals surface area (Å²) in [7, 11) is 3.70. The lowest BCUT2D eigenvalue weighted by Crippen LogP contribution is -2.37. The number of hydrogen-bond donors (Lipinski definition) is 2. The second-order valence-corrected chi connectivity index (χ2v) is 9.22. The minimum Gasteiger partial charge on any atom is -0.375 e. The van der Waals surface area contributed by atoms with E-state index >= 15 is 0 Å². The quantitative estimate of drug-likeness (QED) is 0.731. The monoisotopic (exact) mass is 444 g/mol. The topological polar surface area (TPSA) is 73.9 Å². The molecule has 2 aliphatic rings. The minimum atomic E-state index is -0.0368. The van der Waals surface area contributed by atoms with Crippen molar-refractivity contribution in [2.75, 3.05) is 58.4 Å². The molecule has 0 atom stereocenters. The summed E-state index contributed by atoms with van der Waals surface area (Å²) in [5, 5.41) is 6.63. The van der Waals surface area contributed by atoms with Gasteiger partial charge in [0.25, 0.3) is 11.8 Å². The lowest BCUT2D eigenvalue weighted by molar-refractivity contribution is -0.122. The molecule has 32 heavy (non-hydrogen) atoms. The summed E-state index contributed by atoms with van der Waals surface area (Å²) in [6.07, 6.45) is 7.88. The van der Waals surface area contributed by atoms with Crippen LogP contribution in [0, 0.1) is 5.92 Å². The molecule has 0 radical (unpaired) electrons. The number of carbonyl (C=O) groups is 2. The van der Waals surface area contributed by atoms with Crippen molar-refractivity contribution in [3.8, 4) is 0 Å². The zero-order chi connectivity index (χ0) is 22.8. The molecule has 3 rings (SSSR count). The van der Waals surface area contributed by atoms with E-state index < -0.39 is 0 Å². The van der Waals surface area contributed by atoms with Crippen LogP contribution < -0.4 is 15.5 Å². The summed E-state index contributed by atoms with van der Waals surface area (Å²) in [6, 6.07) is 5.73. The van der Waals surface area contributed by atoms with Crippen molar-refractivity contribution in [3.05, 3.63) is 29.3 Å². The van der Waals surface area contributed by atoms with Crippen LogP contribution in [0.1, 0.15) is 60.9 Å². The number of nitrogens with one attached hydrogen (secondary N) is 2. The molecule has 1 aromatic carbocycles. The van der Waals surface area contributed by atoms with Gasteiger partial charge in [-0.05, 0) is 82.0 Å². The predicted octanol–water partition coefficient (Wildman–Crippen LogP) is 2.79. The summed E-state index contributed by atoms with van der Waals surface area (Å²) in [5.41, 5.74) is 2.53. The van der Waals surface area contributed by atoms with E-state index in [4.69, 9.17) is 4.74 Å². The number of fused-ring (bicyclic) bond motifs is 1. The third-order valence-electron chi connectivity index (χ3n) is 6.64. The Morgan fingerprint density at radius 3 is 2.62 bits per heavy atom. The molecule has 0 saturated carbocycles. The first-order chi connectivity index (χ1) is 15.6. The van der Waals surface area contributed by atoms with Gasteiger partial charge in [-0.15, -0.1) is 0 Å². The van der Waals surface area contributed by atoms with Crippen molar-refractivity contribution in [2.24, 2.45) is 5.92 Å². The largest absolute Gasteiger partial charge is 0.375 e. The van der Waals surface area contributed by atoms with Crippen molar-refractivity contribution >= 4 is 17.5 Å². The molecule has 1 aromatic rings. The van der Waals surface area contributed by atoms with Gasteiger partial charge in [0.1, 0.15) is 6.61 Å². The third kappa shape index (κ3) is 7.29. The minimum absolute atomic E-state index is 0.0346. The average molecular weight is 445 g/mol. The summed E-state index contributed by atoms with van der Waals surface area (Å²) in [4.78, 5) is 29.9. The van der Waals surface area contributed by atoms with Gasteiger partial charge >= 0.3 is 0 Å². The van der Waals surface area contributed by atoms with Crippen LogP contribution >= 0.6 is 0 Å². The van der Waals surface area contributed by atoms with Crippen molar-refractivity contribution < 1.29 is 14.3 Å². The normalized spacial score (nSPS) is 19.5. The first-order valence-corrected chi connectivity index (χ1v) is 12.2. The molecule has 7 nitrogen and oxygen atoms in total. The molecular formula is C25H40N4O3. The average Bonchev–Trinajstić information content (AvgIpc) is 2.79. The molecule has 0 bridgehead atoms. The lowest BCUT2D eigenvalue weighted by atomic mass is 9.97. The van der Waals surface area contributed by atoms with Crippen LogP contribution in [0.15, 0.2) is 18.2 Å². The van der Waals surface area contributed by atoms with E-state index in [1.54, 1.807) is 7.11 Å². The van der Waals surface area contributed by atoms with Crippen LogP contribution in [0.25, 0.3) is 0 Å². The van der Waals surface area contributed by atoms with E-state index in [0.717, 1.165) is 69.5 Å². The van der Waals surface area contributed by atoms with E-state index in [1.165, 1.54) is 12.8 Å². The van der Waals surface area contributed by atoms with Gasteiger partial charge in [-0.2, -0.15) is 0 Å². The highest BCUT2D eigenvalue weighted by atomic mass is 16.5. The van der Waals surface area contributed by atoms with E-state index in [2.05, 4.69) is 22.6 Å². The van der Waals surface area contributed by atoms with E-state index in [-0.39, 0.29) is 18.4 Å². The Morgan fingerprint density at radius 2 is 1.84 bits per heavy atom. The smallest absolute Gasteiger partial charge is 0.252 e. The Kier molecular flexibility index (Phi) is 9.96. The maximum Gasteiger partial charge on any atom is 0.252 e. The van der Waals surface area contributed by atoms with Crippen molar-refractivity contribution in [1.82, 2.24) is 15.5 Å². The first-order valence-electron chi connectivity index (χ1n) is 12.2. The maximum absolute atomic E-state index is 12.9. The highest BCUT2D eigenvalue weighted by molar-refractivity contribution is 5.98. The van der Waals surface area contributed by atoms with Crippen LogP contribution in [-0.2, 0) is 16.1 Å². The van der Waals surface area contributed by atoms with E-state index in [1.807, 2.05) is 23.1 Å². The van der Waals surface area contributed by atoms with Gasteiger partial charge in [0.05, 0.1) is 0 Å². The Bertz CT molecular complexity index is 747. The van der Waals surface area contributed by atoms with E-state index in [9.17, 15) is 9.59 Å². The number of methoxy groups -OCH3 is 1. The summed E-state index contributed by atoms with van der Waals surface area (Å²) in [6.45, 7) is 5.23.